The van der Waals surface area contributed by atoms with Crippen LogP contribution in [-0.4, -0.2) is 9.55 Å². The van der Waals surface area contributed by atoms with Crippen molar-refractivity contribution < 1.29 is 0 Å². The van der Waals surface area contributed by atoms with Crippen molar-refractivity contribution in [1.29, 1.82) is 0 Å². The molecule has 0 N–H and O–H groups in total. The Morgan fingerprint density at radius 3 is 2.71 bits per heavy atom. The smallest absolute Gasteiger partial charge is 0.109 e. The lowest BCUT2D eigenvalue weighted by molar-refractivity contribution is 0.522. The lowest BCUT2D eigenvalue weighted by Crippen LogP contribution is -2.08. The number of terminal acetylenes is 1. The van der Waals surface area contributed by atoms with Crippen LogP contribution in [0.3, 0.4) is 0 Å². The molecule has 0 radical (unpaired) electrons. The zero-order valence-corrected chi connectivity index (χ0v) is 9.69. The third-order valence-electron chi connectivity index (χ3n) is 3.26. The second-order valence-electron chi connectivity index (χ2n) is 4.41. The average molecular weight is 222 g/mol. The second-order valence-corrected chi connectivity index (χ2v) is 4.41. The van der Waals surface area contributed by atoms with E-state index in [1.54, 1.807) is 0 Å². The Balaban J connectivity index is 1.98. The van der Waals surface area contributed by atoms with Crippen LogP contribution in [-0.2, 0) is 13.0 Å². The average Bonchev–Trinajstić information content (AvgIpc) is 2.82. The predicted octanol–water partition coefficient (Wildman–Crippen LogP) is 2.87. The van der Waals surface area contributed by atoms with E-state index in [0.717, 1.165) is 29.8 Å². The minimum atomic E-state index is 0.915. The topological polar surface area (TPSA) is 17.8 Å². The molecule has 0 unspecified atom stereocenters. The maximum atomic E-state index is 5.35. The summed E-state index contributed by atoms with van der Waals surface area (Å²) in [6.45, 7) is 1.10. The largest absolute Gasteiger partial charge is 0.334 e. The Morgan fingerprint density at radius 1 is 1.18 bits per heavy atom. The van der Waals surface area contributed by atoms with E-state index in [2.05, 4.69) is 21.7 Å². The van der Waals surface area contributed by atoms with Crippen molar-refractivity contribution in [1.82, 2.24) is 9.55 Å². The van der Waals surface area contributed by atoms with Crippen LogP contribution in [0.15, 0.2) is 30.5 Å². The van der Waals surface area contributed by atoms with E-state index < -0.39 is 0 Å². The third kappa shape index (κ3) is 1.85. The number of fused-ring (bicyclic) bond motifs is 1. The first kappa shape index (κ1) is 10.2. The first-order chi connectivity index (χ1) is 8.36. The first-order valence-electron chi connectivity index (χ1n) is 6.00. The number of nitrogens with zero attached hydrogens (tertiary/aromatic N) is 2. The molecule has 0 spiro atoms. The number of hydrogen-bond acceptors (Lipinski definition) is 1. The molecule has 1 aromatic carbocycles. The molecule has 1 aliphatic heterocycles. The SMILES string of the molecule is C#Cc1ccc(-c2cn3c(n2)CCCC3)cc1. The summed E-state index contributed by atoms with van der Waals surface area (Å²) in [6, 6.07) is 8.02. The molecule has 2 nitrogen and oxygen atoms in total. The molecule has 0 aliphatic carbocycles. The van der Waals surface area contributed by atoms with Crippen molar-refractivity contribution in [3.63, 3.8) is 0 Å². The fourth-order valence-electron chi connectivity index (χ4n) is 2.29. The van der Waals surface area contributed by atoms with Crippen LogP contribution in [0.2, 0.25) is 0 Å². The summed E-state index contributed by atoms with van der Waals surface area (Å²) in [5.74, 6) is 3.84. The second kappa shape index (κ2) is 4.10. The lowest BCUT2D eigenvalue weighted by atomic mass is 10.1. The van der Waals surface area contributed by atoms with Gasteiger partial charge in [0.05, 0.1) is 5.69 Å². The van der Waals surface area contributed by atoms with Gasteiger partial charge in [-0.15, -0.1) is 6.42 Å². The van der Waals surface area contributed by atoms with E-state index in [0.29, 0.717) is 0 Å². The first-order valence-corrected chi connectivity index (χ1v) is 6.00. The quantitative estimate of drug-likeness (QED) is 0.678. The van der Waals surface area contributed by atoms with Crippen molar-refractivity contribution in [2.24, 2.45) is 0 Å². The van der Waals surface area contributed by atoms with Gasteiger partial charge >= 0.3 is 0 Å². The van der Waals surface area contributed by atoms with Crippen LogP contribution in [0.4, 0.5) is 0 Å². The van der Waals surface area contributed by atoms with Gasteiger partial charge in [0.25, 0.3) is 0 Å². The minimum Gasteiger partial charge on any atom is -0.334 e. The van der Waals surface area contributed by atoms with E-state index in [1.165, 1.54) is 18.7 Å². The van der Waals surface area contributed by atoms with Crippen molar-refractivity contribution in [3.8, 4) is 23.6 Å². The van der Waals surface area contributed by atoms with Crippen LogP contribution < -0.4 is 0 Å². The highest BCUT2D eigenvalue weighted by Gasteiger charge is 2.12. The highest BCUT2D eigenvalue weighted by molar-refractivity contribution is 5.60. The van der Waals surface area contributed by atoms with Gasteiger partial charge in [0.1, 0.15) is 5.82 Å². The van der Waals surface area contributed by atoms with E-state index >= 15 is 0 Å². The summed E-state index contributed by atoms with van der Waals surface area (Å²) in [5.41, 5.74) is 3.12. The Kier molecular flexibility index (Phi) is 2.45. The van der Waals surface area contributed by atoms with Gasteiger partial charge in [-0.3, -0.25) is 0 Å². The van der Waals surface area contributed by atoms with Gasteiger partial charge in [-0.05, 0) is 25.0 Å². The molecular weight excluding hydrogens is 208 g/mol. The molecule has 2 aromatic rings. The van der Waals surface area contributed by atoms with E-state index in [1.807, 2.05) is 24.3 Å². The summed E-state index contributed by atoms with van der Waals surface area (Å²) in [4.78, 5) is 4.69. The van der Waals surface area contributed by atoms with Crippen molar-refractivity contribution >= 4 is 0 Å². The molecule has 1 aromatic heterocycles. The van der Waals surface area contributed by atoms with Crippen LogP contribution in [0.25, 0.3) is 11.3 Å². The Bertz CT molecular complexity index is 546. The minimum absolute atomic E-state index is 0.915. The molecule has 0 amide bonds. The molecule has 0 fully saturated rings. The van der Waals surface area contributed by atoms with Crippen LogP contribution in [0, 0.1) is 12.3 Å². The maximum Gasteiger partial charge on any atom is 0.109 e. The molecule has 0 atom stereocenters. The summed E-state index contributed by atoms with van der Waals surface area (Å²) in [6.07, 6.45) is 11.1. The monoisotopic (exact) mass is 222 g/mol. The molecule has 3 rings (SSSR count). The standard InChI is InChI=1S/C15H14N2/c1-2-12-6-8-13(9-7-12)14-11-17-10-4-3-5-15(17)16-14/h1,6-9,11H,3-5,10H2. The maximum absolute atomic E-state index is 5.35. The zero-order chi connectivity index (χ0) is 11.7. The predicted molar refractivity (Wildman–Crippen MR) is 68.5 cm³/mol. The normalized spacial score (nSPS) is 14.1. The number of aryl methyl sites for hydroxylation is 2. The summed E-state index contributed by atoms with van der Waals surface area (Å²) < 4.78 is 2.27. The van der Waals surface area contributed by atoms with Crippen molar-refractivity contribution in [2.75, 3.05) is 0 Å². The molecule has 2 heterocycles. The van der Waals surface area contributed by atoms with Gasteiger partial charge in [-0.25, -0.2) is 4.98 Å². The molecule has 17 heavy (non-hydrogen) atoms. The fraction of sp³-hybridized carbons (Fsp3) is 0.267. The molecule has 2 heteroatoms. The van der Waals surface area contributed by atoms with Crippen LogP contribution in [0.1, 0.15) is 24.2 Å². The Morgan fingerprint density at radius 2 is 2.00 bits per heavy atom. The molecule has 1 aliphatic rings. The van der Waals surface area contributed by atoms with Gasteiger partial charge in [-0.2, -0.15) is 0 Å². The molecule has 0 saturated carbocycles. The van der Waals surface area contributed by atoms with E-state index in [9.17, 15) is 0 Å². The molecule has 0 bridgehead atoms. The Labute approximate surface area is 101 Å². The number of aromatic nitrogens is 2. The van der Waals surface area contributed by atoms with Gasteiger partial charge < -0.3 is 4.57 Å². The van der Waals surface area contributed by atoms with Crippen molar-refractivity contribution in [2.45, 2.75) is 25.8 Å². The lowest BCUT2D eigenvalue weighted by Gasteiger charge is -2.11. The van der Waals surface area contributed by atoms with Crippen molar-refractivity contribution in [3.05, 3.63) is 41.9 Å². The van der Waals surface area contributed by atoms with Crippen LogP contribution in [0.5, 0.6) is 0 Å². The summed E-state index contributed by atoms with van der Waals surface area (Å²) in [7, 11) is 0. The third-order valence-corrected chi connectivity index (χ3v) is 3.26. The van der Waals surface area contributed by atoms with E-state index in [-0.39, 0.29) is 0 Å². The number of hydrogen-bond donors (Lipinski definition) is 0. The summed E-state index contributed by atoms with van der Waals surface area (Å²) in [5, 5.41) is 0. The highest BCUT2D eigenvalue weighted by Crippen LogP contribution is 2.22. The Hall–Kier alpha value is -2.01. The van der Waals surface area contributed by atoms with Gasteiger partial charge in [0.2, 0.25) is 0 Å². The number of benzene rings is 1. The van der Waals surface area contributed by atoms with Gasteiger partial charge in [0, 0.05) is 30.3 Å². The zero-order valence-electron chi connectivity index (χ0n) is 9.69. The van der Waals surface area contributed by atoms with Gasteiger partial charge in [0.15, 0.2) is 0 Å². The fourth-order valence-corrected chi connectivity index (χ4v) is 2.29. The van der Waals surface area contributed by atoms with Gasteiger partial charge in [-0.1, -0.05) is 18.1 Å². The van der Waals surface area contributed by atoms with Crippen LogP contribution >= 0.6 is 0 Å². The number of imidazole rings is 1. The number of rotatable bonds is 1. The molecule has 84 valence electrons. The highest BCUT2D eigenvalue weighted by atomic mass is 15.1. The molecule has 0 saturated heterocycles. The summed E-state index contributed by atoms with van der Waals surface area (Å²) >= 11 is 0. The van der Waals surface area contributed by atoms with E-state index in [4.69, 9.17) is 6.42 Å². The molecular formula is C15H14N2.